The molecule has 7 heteroatoms. The van der Waals surface area contributed by atoms with Crippen LogP contribution in [0.4, 0.5) is 8.78 Å². The molecule has 0 aliphatic heterocycles. The second-order valence-electron chi connectivity index (χ2n) is 2.79. The number of nitrogens with one attached hydrogen (secondary N) is 1. The Bertz CT molecular complexity index is 416. The van der Waals surface area contributed by atoms with Crippen LogP contribution in [0, 0.1) is 0 Å². The van der Waals surface area contributed by atoms with E-state index in [9.17, 15) is 17.2 Å². The predicted octanol–water partition coefficient (Wildman–Crippen LogP) is 1.03. The monoisotopic (exact) mass is 237 g/mol. The largest absolute Gasteiger partial charge is 0.508 e. The Morgan fingerprint density at radius 2 is 1.80 bits per heavy atom. The number of benzene rings is 1. The van der Waals surface area contributed by atoms with Crippen molar-refractivity contribution in [3.63, 3.8) is 0 Å². The first-order chi connectivity index (χ1) is 6.92. The van der Waals surface area contributed by atoms with E-state index >= 15 is 0 Å². The van der Waals surface area contributed by atoms with Crippen LogP contribution in [0.25, 0.3) is 0 Å². The van der Waals surface area contributed by atoms with Gasteiger partial charge in [0.15, 0.2) is 0 Å². The van der Waals surface area contributed by atoms with Crippen molar-refractivity contribution in [1.82, 2.24) is 4.72 Å². The van der Waals surface area contributed by atoms with Crippen LogP contribution in [-0.2, 0) is 16.6 Å². The van der Waals surface area contributed by atoms with E-state index in [0.717, 1.165) is 0 Å². The molecule has 2 N–H and O–H groups in total. The van der Waals surface area contributed by atoms with Gasteiger partial charge in [-0.15, -0.1) is 0 Å². The summed E-state index contributed by atoms with van der Waals surface area (Å²) in [6.07, 6.45) is 0. The quantitative estimate of drug-likeness (QED) is 0.822. The van der Waals surface area contributed by atoms with Crippen molar-refractivity contribution >= 4 is 10.0 Å². The summed E-state index contributed by atoms with van der Waals surface area (Å²) in [5.74, 6) is -3.41. The molecule has 0 saturated heterocycles. The minimum absolute atomic E-state index is 0.0236. The van der Waals surface area contributed by atoms with Gasteiger partial charge in [-0.2, -0.15) is 8.78 Å². The first kappa shape index (κ1) is 11.9. The minimum Gasteiger partial charge on any atom is -0.508 e. The molecule has 0 heterocycles. The minimum atomic E-state index is -4.55. The number of alkyl halides is 2. The zero-order valence-corrected chi connectivity index (χ0v) is 8.34. The number of hydrogen-bond donors (Lipinski definition) is 2. The molecule has 0 aliphatic rings. The Labute approximate surface area is 85.6 Å². The van der Waals surface area contributed by atoms with E-state index in [4.69, 9.17) is 5.11 Å². The number of sulfonamides is 1. The molecular formula is C8H9F2NO3S. The van der Waals surface area contributed by atoms with Crippen LogP contribution in [-0.4, -0.2) is 19.3 Å². The van der Waals surface area contributed by atoms with Crippen molar-refractivity contribution in [2.24, 2.45) is 0 Å². The third kappa shape index (κ3) is 3.45. The van der Waals surface area contributed by atoms with E-state index in [1.807, 2.05) is 0 Å². The molecule has 0 aliphatic carbocycles. The molecule has 1 aromatic rings. The van der Waals surface area contributed by atoms with E-state index < -0.39 is 15.8 Å². The van der Waals surface area contributed by atoms with Crippen LogP contribution in [0.5, 0.6) is 5.75 Å². The lowest BCUT2D eigenvalue weighted by atomic mass is 10.2. The lowest BCUT2D eigenvalue weighted by molar-refractivity contribution is 0.232. The summed E-state index contributed by atoms with van der Waals surface area (Å²) in [5, 5.41) is 8.91. The average molecular weight is 237 g/mol. The van der Waals surface area contributed by atoms with Gasteiger partial charge in [-0.25, -0.2) is 13.1 Å². The van der Waals surface area contributed by atoms with Gasteiger partial charge >= 0.3 is 5.76 Å². The lowest BCUT2D eigenvalue weighted by Gasteiger charge is -2.05. The Kier molecular flexibility index (Phi) is 3.59. The van der Waals surface area contributed by atoms with Crippen LogP contribution in [0.1, 0.15) is 5.56 Å². The molecule has 0 amide bonds. The molecule has 0 radical (unpaired) electrons. The Morgan fingerprint density at radius 3 is 2.27 bits per heavy atom. The Morgan fingerprint density at radius 1 is 1.27 bits per heavy atom. The molecule has 1 aromatic carbocycles. The fourth-order valence-corrected chi connectivity index (χ4v) is 1.35. The molecule has 0 bridgehead atoms. The van der Waals surface area contributed by atoms with Crippen molar-refractivity contribution < 1.29 is 22.3 Å². The number of aromatic hydroxyl groups is 1. The van der Waals surface area contributed by atoms with Gasteiger partial charge in [-0.1, -0.05) is 12.1 Å². The first-order valence-electron chi connectivity index (χ1n) is 3.96. The van der Waals surface area contributed by atoms with Crippen molar-refractivity contribution in [3.8, 4) is 5.75 Å². The maximum Gasteiger partial charge on any atom is 0.350 e. The van der Waals surface area contributed by atoms with Crippen LogP contribution in [0.15, 0.2) is 24.3 Å². The zero-order chi connectivity index (χ0) is 11.5. The normalized spacial score (nSPS) is 11.9. The summed E-state index contributed by atoms with van der Waals surface area (Å²) in [4.78, 5) is 0. The molecule has 0 fully saturated rings. The summed E-state index contributed by atoms with van der Waals surface area (Å²) >= 11 is 0. The van der Waals surface area contributed by atoms with Gasteiger partial charge < -0.3 is 5.11 Å². The molecule has 1 rings (SSSR count). The fraction of sp³-hybridized carbons (Fsp3) is 0.250. The molecule has 0 aromatic heterocycles. The lowest BCUT2D eigenvalue weighted by Crippen LogP contribution is -2.28. The van der Waals surface area contributed by atoms with Gasteiger partial charge in [0.25, 0.3) is 10.0 Å². The highest BCUT2D eigenvalue weighted by Crippen LogP contribution is 2.10. The van der Waals surface area contributed by atoms with Gasteiger partial charge in [0, 0.05) is 6.54 Å². The molecule has 15 heavy (non-hydrogen) atoms. The van der Waals surface area contributed by atoms with Crippen LogP contribution in [0.3, 0.4) is 0 Å². The maximum atomic E-state index is 11.9. The summed E-state index contributed by atoms with van der Waals surface area (Å²) in [6.45, 7) is -0.229. The van der Waals surface area contributed by atoms with Gasteiger partial charge in [0.05, 0.1) is 0 Å². The molecule has 0 atom stereocenters. The van der Waals surface area contributed by atoms with Crippen molar-refractivity contribution in [1.29, 1.82) is 0 Å². The summed E-state index contributed by atoms with van der Waals surface area (Å²) < 4.78 is 46.8. The number of halogens is 2. The summed E-state index contributed by atoms with van der Waals surface area (Å²) in [5.41, 5.74) is 0.483. The number of phenols is 1. The van der Waals surface area contributed by atoms with Gasteiger partial charge in [-0.3, -0.25) is 0 Å². The van der Waals surface area contributed by atoms with Crippen molar-refractivity contribution in [2.45, 2.75) is 12.3 Å². The number of hydrogen-bond acceptors (Lipinski definition) is 3. The van der Waals surface area contributed by atoms with Crippen LogP contribution >= 0.6 is 0 Å². The molecule has 0 spiro atoms. The topological polar surface area (TPSA) is 66.4 Å². The van der Waals surface area contributed by atoms with Crippen LogP contribution in [0.2, 0.25) is 0 Å². The van der Waals surface area contributed by atoms with E-state index in [-0.39, 0.29) is 12.3 Å². The van der Waals surface area contributed by atoms with E-state index in [0.29, 0.717) is 5.56 Å². The van der Waals surface area contributed by atoms with Crippen LogP contribution < -0.4 is 4.72 Å². The zero-order valence-electron chi connectivity index (χ0n) is 7.52. The van der Waals surface area contributed by atoms with E-state index in [1.54, 1.807) is 4.72 Å². The highest BCUT2D eigenvalue weighted by Gasteiger charge is 2.22. The number of phenolic OH excluding ortho intramolecular Hbond substituents is 1. The molecule has 0 unspecified atom stereocenters. The highest BCUT2D eigenvalue weighted by molar-refractivity contribution is 7.89. The molecule has 0 saturated carbocycles. The maximum absolute atomic E-state index is 11.9. The second kappa shape index (κ2) is 4.54. The summed E-state index contributed by atoms with van der Waals surface area (Å²) in [7, 11) is -4.55. The smallest absolute Gasteiger partial charge is 0.350 e. The summed E-state index contributed by atoms with van der Waals surface area (Å²) in [6, 6.07) is 5.55. The Hall–Kier alpha value is -1.21. The van der Waals surface area contributed by atoms with Crippen molar-refractivity contribution in [3.05, 3.63) is 29.8 Å². The van der Waals surface area contributed by atoms with Gasteiger partial charge in [0.2, 0.25) is 0 Å². The second-order valence-corrected chi connectivity index (χ2v) is 4.53. The fourth-order valence-electron chi connectivity index (χ4n) is 0.861. The standard InChI is InChI=1S/C8H9F2NO3S/c9-8(10)15(13,14)11-5-6-1-3-7(12)4-2-6/h1-4,8,11-12H,5H2. The van der Waals surface area contributed by atoms with E-state index in [2.05, 4.69) is 0 Å². The molecular weight excluding hydrogens is 228 g/mol. The van der Waals surface area contributed by atoms with Gasteiger partial charge in [-0.05, 0) is 17.7 Å². The SMILES string of the molecule is O=S(=O)(NCc1ccc(O)cc1)C(F)F. The average Bonchev–Trinajstić information content (AvgIpc) is 2.17. The first-order valence-corrected chi connectivity index (χ1v) is 5.51. The highest BCUT2D eigenvalue weighted by atomic mass is 32.2. The van der Waals surface area contributed by atoms with E-state index in [1.165, 1.54) is 24.3 Å². The predicted molar refractivity (Wildman–Crippen MR) is 49.9 cm³/mol. The molecule has 4 nitrogen and oxygen atoms in total. The number of rotatable bonds is 4. The van der Waals surface area contributed by atoms with Crippen molar-refractivity contribution in [2.75, 3.05) is 0 Å². The Balaban J connectivity index is 2.62. The third-order valence-corrected chi connectivity index (χ3v) is 2.66. The van der Waals surface area contributed by atoms with Gasteiger partial charge in [0.1, 0.15) is 5.75 Å². The third-order valence-electron chi connectivity index (χ3n) is 1.65. The molecule has 84 valence electrons.